The van der Waals surface area contributed by atoms with Crippen molar-refractivity contribution >= 4 is 0 Å². The molecule has 0 bridgehead atoms. The normalized spacial score (nSPS) is 21.7. The van der Waals surface area contributed by atoms with E-state index in [1.165, 1.54) is 32.4 Å². The molecule has 0 aromatic heterocycles. The first kappa shape index (κ1) is 13.7. The molecule has 2 heterocycles. The summed E-state index contributed by atoms with van der Waals surface area (Å²) in [5, 5.41) is 10.4. The Kier molecular flexibility index (Phi) is 3.85. The van der Waals surface area contributed by atoms with Crippen molar-refractivity contribution in [2.45, 2.75) is 31.8 Å². The van der Waals surface area contributed by atoms with Gasteiger partial charge < -0.3 is 19.1 Å². The van der Waals surface area contributed by atoms with Crippen LogP contribution in [-0.2, 0) is 0 Å². The first-order valence-corrected chi connectivity index (χ1v) is 7.57. The highest BCUT2D eigenvalue weighted by Gasteiger charge is 2.26. The molecule has 2 aliphatic rings. The lowest BCUT2D eigenvalue weighted by Crippen LogP contribution is -2.48. The van der Waals surface area contributed by atoms with Crippen LogP contribution in [-0.4, -0.2) is 43.1 Å². The van der Waals surface area contributed by atoms with Crippen molar-refractivity contribution in [1.29, 1.82) is 0 Å². The van der Waals surface area contributed by atoms with Gasteiger partial charge >= 0.3 is 0 Å². The van der Waals surface area contributed by atoms with Crippen LogP contribution in [0.5, 0.6) is 11.5 Å². The minimum Gasteiger partial charge on any atom is -0.454 e. The standard InChI is InChI=1S/C16H24NO3/c1-17(8-3-2-4-9-17)10-7-14(18)13-5-6-15-16(11-13)20-12-19-15/h5-6,11,14,18H,2-4,7-10,12H2,1H3/q+1. The monoisotopic (exact) mass is 278 g/mol. The van der Waals surface area contributed by atoms with Gasteiger partial charge in [-0.05, 0) is 37.0 Å². The SMILES string of the molecule is C[N+]1(CCC(O)c2ccc3c(c2)OCO3)CCCCC1. The van der Waals surface area contributed by atoms with Crippen molar-refractivity contribution in [3.63, 3.8) is 0 Å². The van der Waals surface area contributed by atoms with Crippen molar-refractivity contribution in [2.75, 3.05) is 33.5 Å². The Morgan fingerprint density at radius 2 is 1.90 bits per heavy atom. The summed E-state index contributed by atoms with van der Waals surface area (Å²) in [6.07, 6.45) is 4.38. The summed E-state index contributed by atoms with van der Waals surface area (Å²) in [6.45, 7) is 3.81. The van der Waals surface area contributed by atoms with Crippen LogP contribution >= 0.6 is 0 Å². The average Bonchev–Trinajstić information content (AvgIpc) is 2.93. The molecule has 0 spiro atoms. The van der Waals surface area contributed by atoms with Gasteiger partial charge in [0, 0.05) is 6.42 Å². The Balaban J connectivity index is 1.60. The third-order valence-electron chi connectivity index (χ3n) is 4.62. The number of aliphatic hydroxyl groups excluding tert-OH is 1. The molecule has 0 amide bonds. The largest absolute Gasteiger partial charge is 0.454 e. The van der Waals surface area contributed by atoms with E-state index in [1.54, 1.807) is 0 Å². The van der Waals surface area contributed by atoms with Crippen molar-refractivity contribution < 1.29 is 19.1 Å². The zero-order valence-corrected chi connectivity index (χ0v) is 12.2. The third-order valence-corrected chi connectivity index (χ3v) is 4.62. The lowest BCUT2D eigenvalue weighted by atomic mass is 10.0. The van der Waals surface area contributed by atoms with Gasteiger partial charge in [-0.2, -0.15) is 0 Å². The molecule has 1 aromatic carbocycles. The van der Waals surface area contributed by atoms with Crippen LogP contribution in [0.15, 0.2) is 18.2 Å². The zero-order valence-electron chi connectivity index (χ0n) is 12.2. The maximum absolute atomic E-state index is 10.4. The van der Waals surface area contributed by atoms with Crippen molar-refractivity contribution in [1.82, 2.24) is 0 Å². The number of hydrogen-bond donors (Lipinski definition) is 1. The first-order valence-electron chi connectivity index (χ1n) is 7.57. The lowest BCUT2D eigenvalue weighted by molar-refractivity contribution is -0.914. The number of rotatable bonds is 4. The van der Waals surface area contributed by atoms with Crippen LogP contribution in [0.25, 0.3) is 0 Å². The average molecular weight is 278 g/mol. The van der Waals surface area contributed by atoms with Gasteiger partial charge in [-0.3, -0.25) is 0 Å². The van der Waals surface area contributed by atoms with Crippen LogP contribution < -0.4 is 9.47 Å². The predicted octanol–water partition coefficient (Wildman–Crippen LogP) is 2.47. The Labute approximate surface area is 120 Å². The smallest absolute Gasteiger partial charge is 0.231 e. The number of ether oxygens (including phenoxy) is 2. The van der Waals surface area contributed by atoms with Crippen molar-refractivity contribution in [3.8, 4) is 11.5 Å². The fourth-order valence-corrected chi connectivity index (χ4v) is 3.22. The van der Waals surface area contributed by atoms with Gasteiger partial charge in [-0.1, -0.05) is 6.07 Å². The van der Waals surface area contributed by atoms with Crippen molar-refractivity contribution in [2.24, 2.45) is 0 Å². The molecule has 1 unspecified atom stereocenters. The fraction of sp³-hybridized carbons (Fsp3) is 0.625. The van der Waals surface area contributed by atoms with Gasteiger partial charge in [-0.15, -0.1) is 0 Å². The van der Waals surface area contributed by atoms with Gasteiger partial charge in [0.1, 0.15) is 0 Å². The molecule has 1 N–H and O–H groups in total. The molecule has 1 aromatic rings. The molecule has 4 heteroatoms. The van der Waals surface area contributed by atoms with Gasteiger partial charge in [-0.25, -0.2) is 0 Å². The molecular formula is C16H24NO3+. The second kappa shape index (κ2) is 5.62. The Hall–Kier alpha value is -1.26. The van der Waals surface area contributed by atoms with Crippen molar-refractivity contribution in [3.05, 3.63) is 23.8 Å². The Morgan fingerprint density at radius 1 is 1.15 bits per heavy atom. The number of aliphatic hydroxyl groups is 1. The minimum atomic E-state index is -0.415. The molecule has 0 saturated carbocycles. The van der Waals surface area contributed by atoms with E-state index in [2.05, 4.69) is 7.05 Å². The number of fused-ring (bicyclic) bond motifs is 1. The quantitative estimate of drug-likeness (QED) is 0.860. The maximum atomic E-state index is 10.4. The molecule has 1 atom stereocenters. The molecular weight excluding hydrogens is 254 g/mol. The summed E-state index contributed by atoms with van der Waals surface area (Å²) >= 11 is 0. The minimum absolute atomic E-state index is 0.282. The van der Waals surface area contributed by atoms with E-state index in [9.17, 15) is 5.11 Å². The molecule has 20 heavy (non-hydrogen) atoms. The van der Waals surface area contributed by atoms with E-state index in [-0.39, 0.29) is 6.79 Å². The number of benzene rings is 1. The Morgan fingerprint density at radius 3 is 2.70 bits per heavy atom. The van der Waals surface area contributed by atoms with E-state index >= 15 is 0 Å². The molecule has 110 valence electrons. The van der Waals surface area contributed by atoms with E-state index in [0.29, 0.717) is 0 Å². The summed E-state index contributed by atoms with van der Waals surface area (Å²) < 4.78 is 11.8. The van der Waals surface area contributed by atoms with E-state index < -0.39 is 6.10 Å². The van der Waals surface area contributed by atoms with Crippen LogP contribution in [0.4, 0.5) is 0 Å². The van der Waals surface area contributed by atoms with Crippen LogP contribution in [0.3, 0.4) is 0 Å². The summed E-state index contributed by atoms with van der Waals surface area (Å²) in [4.78, 5) is 0. The molecule has 1 fully saturated rings. The summed E-state index contributed by atoms with van der Waals surface area (Å²) in [5.41, 5.74) is 0.929. The molecule has 3 rings (SSSR count). The maximum Gasteiger partial charge on any atom is 0.231 e. The summed E-state index contributed by atoms with van der Waals surface area (Å²) in [5.74, 6) is 1.52. The van der Waals surface area contributed by atoms with Crippen LogP contribution in [0.1, 0.15) is 37.4 Å². The molecule has 4 nitrogen and oxygen atoms in total. The highest BCUT2D eigenvalue weighted by molar-refractivity contribution is 5.45. The first-order chi connectivity index (χ1) is 9.66. The van der Waals surface area contributed by atoms with Gasteiger partial charge in [0.05, 0.1) is 32.8 Å². The van der Waals surface area contributed by atoms with Gasteiger partial charge in [0.15, 0.2) is 11.5 Å². The lowest BCUT2D eigenvalue weighted by Gasteiger charge is -2.38. The second-order valence-corrected chi connectivity index (χ2v) is 6.27. The van der Waals surface area contributed by atoms with Gasteiger partial charge in [0.25, 0.3) is 0 Å². The summed E-state index contributed by atoms with van der Waals surface area (Å²) in [7, 11) is 2.31. The fourth-order valence-electron chi connectivity index (χ4n) is 3.22. The third kappa shape index (κ3) is 2.91. The highest BCUT2D eigenvalue weighted by atomic mass is 16.7. The Bertz CT molecular complexity index is 469. The summed E-state index contributed by atoms with van der Waals surface area (Å²) in [6, 6.07) is 5.73. The molecule has 2 aliphatic heterocycles. The van der Waals surface area contributed by atoms with Gasteiger partial charge in [0.2, 0.25) is 6.79 Å². The number of nitrogens with zero attached hydrogens (tertiary/aromatic N) is 1. The van der Waals surface area contributed by atoms with Crippen LogP contribution in [0, 0.1) is 0 Å². The highest BCUT2D eigenvalue weighted by Crippen LogP contribution is 2.35. The number of quaternary nitrogens is 1. The molecule has 1 saturated heterocycles. The number of hydrogen-bond acceptors (Lipinski definition) is 3. The number of likely N-dealkylation sites (tertiary alicyclic amines) is 1. The predicted molar refractivity (Wildman–Crippen MR) is 76.8 cm³/mol. The molecule has 0 aliphatic carbocycles. The van der Waals surface area contributed by atoms with E-state index in [1.807, 2.05) is 18.2 Å². The topological polar surface area (TPSA) is 38.7 Å². The van der Waals surface area contributed by atoms with Crippen LogP contribution in [0.2, 0.25) is 0 Å². The van der Waals surface area contributed by atoms with E-state index in [4.69, 9.17) is 9.47 Å². The second-order valence-electron chi connectivity index (χ2n) is 6.27. The number of piperidine rings is 1. The van der Waals surface area contributed by atoms with E-state index in [0.717, 1.165) is 34.5 Å². The molecule has 0 radical (unpaired) electrons. The zero-order chi connectivity index (χ0) is 14.0.